The van der Waals surface area contributed by atoms with Crippen molar-refractivity contribution in [1.82, 2.24) is 0 Å². The van der Waals surface area contributed by atoms with Crippen molar-refractivity contribution in [3.05, 3.63) is 40.3 Å². The van der Waals surface area contributed by atoms with E-state index in [0.29, 0.717) is 6.54 Å². The molecule has 0 atom stereocenters. The number of azide groups is 1. The molecule has 0 bridgehead atoms. The first-order valence-corrected chi connectivity index (χ1v) is 6.27. The van der Waals surface area contributed by atoms with E-state index in [1.807, 2.05) is 0 Å². The van der Waals surface area contributed by atoms with E-state index in [1.165, 1.54) is 10.5 Å². The second-order valence-electron chi connectivity index (χ2n) is 4.58. The Morgan fingerprint density at radius 1 is 1.25 bits per heavy atom. The maximum atomic E-state index is 8.14. The molecule has 0 heterocycles. The molecule has 0 aliphatic rings. The molecule has 0 N–H and O–H groups in total. The number of hydrogen-bond acceptors (Lipinski definition) is 2. The Morgan fingerprint density at radius 3 is 2.38 bits per heavy atom. The van der Waals surface area contributed by atoms with Gasteiger partial charge in [0.15, 0.2) is 0 Å². The third kappa shape index (κ3) is 4.17. The molecule has 0 saturated carbocycles. The van der Waals surface area contributed by atoms with E-state index in [-0.39, 0.29) is 5.41 Å². The van der Waals surface area contributed by atoms with Crippen LogP contribution in [-0.4, -0.2) is 12.3 Å². The monoisotopic (exact) mass is 235 g/mol. The molecule has 4 heteroatoms. The van der Waals surface area contributed by atoms with Gasteiger partial charge in [-0.1, -0.05) is 38.0 Å². The summed E-state index contributed by atoms with van der Waals surface area (Å²) in [4.78, 5) is 3.95. The first-order valence-electron chi connectivity index (χ1n) is 5.28. The molecule has 0 fully saturated rings. The molecular weight excluding hydrogens is 218 g/mol. The van der Waals surface area contributed by atoms with Crippen LogP contribution in [0.25, 0.3) is 10.4 Å². The van der Waals surface area contributed by atoms with Crippen molar-refractivity contribution in [3.8, 4) is 0 Å². The van der Waals surface area contributed by atoms with Gasteiger partial charge in [0.1, 0.15) is 0 Å². The normalized spacial score (nSPS) is 10.9. The molecule has 86 valence electrons. The molecule has 0 aromatic heterocycles. The number of thioether (sulfide) groups is 1. The summed E-state index contributed by atoms with van der Waals surface area (Å²) in [6.07, 6.45) is 0. The summed E-state index contributed by atoms with van der Waals surface area (Å²) < 4.78 is 0. The second-order valence-corrected chi connectivity index (χ2v) is 5.75. The average Bonchev–Trinajstić information content (AvgIpc) is 2.24. The zero-order valence-corrected chi connectivity index (χ0v) is 10.8. The standard InChI is InChI=1S/C12H17N3S/c1-12(2,3)10-4-6-11(7-5-10)16-9-8-14-15-13/h4-7H,8-9H2,1-3H3. The van der Waals surface area contributed by atoms with Crippen LogP contribution in [0.1, 0.15) is 26.3 Å². The lowest BCUT2D eigenvalue weighted by molar-refractivity contribution is 0.590. The molecule has 1 aromatic rings. The van der Waals surface area contributed by atoms with E-state index in [4.69, 9.17) is 5.53 Å². The van der Waals surface area contributed by atoms with Gasteiger partial charge < -0.3 is 0 Å². The SMILES string of the molecule is CC(C)(C)c1ccc(SCCN=[N+]=[N-])cc1. The zero-order chi connectivity index (χ0) is 12.0. The summed E-state index contributed by atoms with van der Waals surface area (Å²) in [5.41, 5.74) is 9.68. The topological polar surface area (TPSA) is 48.8 Å². The summed E-state index contributed by atoms with van der Waals surface area (Å²) in [6.45, 7) is 7.16. The maximum absolute atomic E-state index is 8.14. The number of benzene rings is 1. The second kappa shape index (κ2) is 5.83. The van der Waals surface area contributed by atoms with Crippen molar-refractivity contribution in [3.63, 3.8) is 0 Å². The van der Waals surface area contributed by atoms with E-state index in [0.717, 1.165) is 5.75 Å². The van der Waals surface area contributed by atoms with Crippen molar-refractivity contribution in [2.75, 3.05) is 12.3 Å². The van der Waals surface area contributed by atoms with Crippen molar-refractivity contribution in [2.45, 2.75) is 31.1 Å². The molecule has 0 aliphatic heterocycles. The van der Waals surface area contributed by atoms with Crippen LogP contribution in [0.15, 0.2) is 34.3 Å². The largest absolute Gasteiger partial charge is 0.126 e. The first kappa shape index (κ1) is 12.9. The number of rotatable bonds is 4. The van der Waals surface area contributed by atoms with E-state index in [1.54, 1.807) is 11.8 Å². The van der Waals surface area contributed by atoms with Crippen molar-refractivity contribution in [1.29, 1.82) is 0 Å². The van der Waals surface area contributed by atoms with Crippen LogP contribution in [0, 0.1) is 0 Å². The lowest BCUT2D eigenvalue weighted by Gasteiger charge is -2.18. The molecule has 0 spiro atoms. The highest BCUT2D eigenvalue weighted by Crippen LogP contribution is 2.25. The summed E-state index contributed by atoms with van der Waals surface area (Å²) in [5, 5.41) is 3.50. The van der Waals surface area contributed by atoms with Gasteiger partial charge in [0.25, 0.3) is 0 Å². The van der Waals surface area contributed by atoms with Gasteiger partial charge in [0.05, 0.1) is 0 Å². The summed E-state index contributed by atoms with van der Waals surface area (Å²) in [7, 11) is 0. The Bertz CT molecular complexity index is 372. The smallest absolute Gasteiger partial charge is 0.0352 e. The third-order valence-electron chi connectivity index (χ3n) is 2.24. The van der Waals surface area contributed by atoms with Crippen LogP contribution < -0.4 is 0 Å². The molecule has 0 saturated heterocycles. The Kier molecular flexibility index (Phi) is 4.71. The molecule has 16 heavy (non-hydrogen) atoms. The Balaban J connectivity index is 2.55. The highest BCUT2D eigenvalue weighted by atomic mass is 32.2. The molecule has 0 unspecified atom stereocenters. The fraction of sp³-hybridized carbons (Fsp3) is 0.500. The lowest BCUT2D eigenvalue weighted by Crippen LogP contribution is -2.10. The molecular formula is C12H17N3S. The average molecular weight is 235 g/mol. The predicted octanol–water partition coefficient (Wildman–Crippen LogP) is 4.39. The van der Waals surface area contributed by atoms with E-state index in [2.05, 4.69) is 55.1 Å². The minimum Gasteiger partial charge on any atom is -0.126 e. The van der Waals surface area contributed by atoms with Gasteiger partial charge in [0.2, 0.25) is 0 Å². The van der Waals surface area contributed by atoms with Crippen LogP contribution in [0.5, 0.6) is 0 Å². The minimum atomic E-state index is 0.203. The highest BCUT2D eigenvalue weighted by Gasteiger charge is 2.12. The summed E-state index contributed by atoms with van der Waals surface area (Å²) in [5.74, 6) is 0.832. The zero-order valence-electron chi connectivity index (χ0n) is 9.97. The Labute approximate surface area is 101 Å². The van der Waals surface area contributed by atoms with Crippen LogP contribution in [-0.2, 0) is 5.41 Å². The van der Waals surface area contributed by atoms with Crippen molar-refractivity contribution < 1.29 is 0 Å². The molecule has 1 rings (SSSR count). The van der Waals surface area contributed by atoms with Crippen molar-refractivity contribution >= 4 is 11.8 Å². The van der Waals surface area contributed by atoms with E-state index >= 15 is 0 Å². The van der Waals surface area contributed by atoms with Crippen LogP contribution in [0.4, 0.5) is 0 Å². The highest BCUT2D eigenvalue weighted by molar-refractivity contribution is 7.99. The van der Waals surface area contributed by atoms with Gasteiger partial charge in [-0.25, -0.2) is 0 Å². The quantitative estimate of drug-likeness (QED) is 0.251. The lowest BCUT2D eigenvalue weighted by atomic mass is 9.87. The Morgan fingerprint density at radius 2 is 1.88 bits per heavy atom. The van der Waals surface area contributed by atoms with Gasteiger partial charge in [-0.15, -0.1) is 11.8 Å². The van der Waals surface area contributed by atoms with E-state index < -0.39 is 0 Å². The first-order chi connectivity index (χ1) is 7.54. The van der Waals surface area contributed by atoms with Crippen molar-refractivity contribution in [2.24, 2.45) is 5.11 Å². The summed E-state index contributed by atoms with van der Waals surface area (Å²) >= 11 is 1.71. The van der Waals surface area contributed by atoms with Gasteiger partial charge in [-0.05, 0) is 28.6 Å². The van der Waals surface area contributed by atoms with Gasteiger partial charge in [-0.3, -0.25) is 0 Å². The van der Waals surface area contributed by atoms with Gasteiger partial charge >= 0.3 is 0 Å². The van der Waals surface area contributed by atoms with Crippen LogP contribution in [0.2, 0.25) is 0 Å². The fourth-order valence-electron chi connectivity index (χ4n) is 1.30. The predicted molar refractivity (Wildman–Crippen MR) is 69.9 cm³/mol. The van der Waals surface area contributed by atoms with Gasteiger partial charge in [0, 0.05) is 22.1 Å². The molecule has 0 radical (unpaired) electrons. The number of nitrogens with zero attached hydrogens (tertiary/aromatic N) is 3. The molecule has 0 aliphatic carbocycles. The fourth-order valence-corrected chi connectivity index (χ4v) is 2.04. The maximum Gasteiger partial charge on any atom is 0.0352 e. The molecule has 3 nitrogen and oxygen atoms in total. The van der Waals surface area contributed by atoms with E-state index in [9.17, 15) is 0 Å². The Hall–Kier alpha value is -1.12. The third-order valence-corrected chi connectivity index (χ3v) is 3.24. The molecule has 1 aromatic carbocycles. The number of hydrogen-bond donors (Lipinski definition) is 0. The molecule has 0 amide bonds. The van der Waals surface area contributed by atoms with Crippen LogP contribution >= 0.6 is 11.8 Å². The summed E-state index contributed by atoms with van der Waals surface area (Å²) in [6, 6.07) is 8.58. The van der Waals surface area contributed by atoms with Gasteiger partial charge in [-0.2, -0.15) is 0 Å². The minimum absolute atomic E-state index is 0.203. The van der Waals surface area contributed by atoms with Crippen LogP contribution in [0.3, 0.4) is 0 Å².